The number of hydrogen-bond donors (Lipinski definition) is 1. The second-order valence-electron chi connectivity index (χ2n) is 5.72. The lowest BCUT2D eigenvalue weighted by molar-refractivity contribution is -0.120. The SMILES string of the molecule is CC[C@@H](Sc1ccc(Cl)cc1)C(=O)NCC1CCCCC1. The van der Waals surface area contributed by atoms with Gasteiger partial charge < -0.3 is 5.32 Å². The molecule has 0 unspecified atom stereocenters. The van der Waals surface area contributed by atoms with Crippen LogP contribution in [0.1, 0.15) is 45.4 Å². The van der Waals surface area contributed by atoms with Gasteiger partial charge >= 0.3 is 0 Å². The van der Waals surface area contributed by atoms with Crippen LogP contribution in [0, 0.1) is 5.92 Å². The van der Waals surface area contributed by atoms with Crippen LogP contribution in [-0.4, -0.2) is 17.7 Å². The van der Waals surface area contributed by atoms with Gasteiger partial charge in [-0.2, -0.15) is 0 Å². The van der Waals surface area contributed by atoms with Crippen LogP contribution in [0.5, 0.6) is 0 Å². The van der Waals surface area contributed by atoms with Gasteiger partial charge in [0.25, 0.3) is 0 Å². The highest BCUT2D eigenvalue weighted by Gasteiger charge is 2.20. The molecule has 1 aromatic rings. The molecule has 4 heteroatoms. The van der Waals surface area contributed by atoms with Crippen molar-refractivity contribution >= 4 is 29.3 Å². The summed E-state index contributed by atoms with van der Waals surface area (Å²) in [6, 6.07) is 7.70. The highest BCUT2D eigenvalue weighted by molar-refractivity contribution is 8.00. The van der Waals surface area contributed by atoms with Crippen molar-refractivity contribution in [3.05, 3.63) is 29.3 Å². The van der Waals surface area contributed by atoms with Gasteiger partial charge in [-0.05, 0) is 49.4 Å². The van der Waals surface area contributed by atoms with Gasteiger partial charge in [-0.3, -0.25) is 4.79 Å². The molecule has 0 aromatic heterocycles. The summed E-state index contributed by atoms with van der Waals surface area (Å²) in [6.45, 7) is 2.91. The van der Waals surface area contributed by atoms with Crippen LogP contribution in [-0.2, 0) is 4.79 Å². The minimum atomic E-state index is -0.0187. The minimum Gasteiger partial charge on any atom is -0.355 e. The van der Waals surface area contributed by atoms with Gasteiger partial charge in [0.05, 0.1) is 5.25 Å². The Bertz CT molecular complexity index is 443. The molecule has 1 saturated carbocycles. The molecule has 1 N–H and O–H groups in total. The summed E-state index contributed by atoms with van der Waals surface area (Å²) < 4.78 is 0. The first kappa shape index (κ1) is 16.7. The molecule has 116 valence electrons. The zero-order valence-electron chi connectivity index (χ0n) is 12.6. The first-order chi connectivity index (χ1) is 10.2. The van der Waals surface area contributed by atoms with Crippen molar-refractivity contribution in [3.63, 3.8) is 0 Å². The molecule has 1 aliphatic rings. The number of nitrogens with one attached hydrogen (secondary N) is 1. The third-order valence-electron chi connectivity index (χ3n) is 4.04. The number of halogens is 1. The number of hydrogen-bond acceptors (Lipinski definition) is 2. The molecule has 0 bridgehead atoms. The Labute approximate surface area is 137 Å². The van der Waals surface area contributed by atoms with Crippen molar-refractivity contribution in [1.29, 1.82) is 0 Å². The smallest absolute Gasteiger partial charge is 0.233 e. The van der Waals surface area contributed by atoms with Gasteiger partial charge in [0.15, 0.2) is 0 Å². The fraction of sp³-hybridized carbons (Fsp3) is 0.588. The molecule has 0 radical (unpaired) electrons. The maximum absolute atomic E-state index is 12.3. The molecule has 1 fully saturated rings. The number of carbonyl (C=O) groups excluding carboxylic acids is 1. The largest absolute Gasteiger partial charge is 0.355 e. The van der Waals surface area contributed by atoms with E-state index in [9.17, 15) is 4.79 Å². The van der Waals surface area contributed by atoms with E-state index in [1.165, 1.54) is 32.1 Å². The van der Waals surface area contributed by atoms with Crippen molar-refractivity contribution in [3.8, 4) is 0 Å². The molecule has 2 rings (SSSR count). The van der Waals surface area contributed by atoms with Gasteiger partial charge in [0, 0.05) is 16.5 Å². The Balaban J connectivity index is 1.81. The van der Waals surface area contributed by atoms with Crippen molar-refractivity contribution in [1.82, 2.24) is 5.32 Å². The van der Waals surface area contributed by atoms with E-state index >= 15 is 0 Å². The van der Waals surface area contributed by atoms with Crippen LogP contribution in [0.15, 0.2) is 29.2 Å². The van der Waals surface area contributed by atoms with Gasteiger partial charge in [0.2, 0.25) is 5.91 Å². The Hall–Kier alpha value is -0.670. The fourth-order valence-electron chi connectivity index (χ4n) is 2.75. The van der Waals surface area contributed by atoms with Crippen LogP contribution in [0.4, 0.5) is 0 Å². The average molecular weight is 326 g/mol. The third kappa shape index (κ3) is 5.55. The number of amides is 1. The molecule has 2 nitrogen and oxygen atoms in total. The van der Waals surface area contributed by atoms with E-state index in [0.717, 1.165) is 22.9 Å². The molecule has 0 saturated heterocycles. The topological polar surface area (TPSA) is 29.1 Å². The Morgan fingerprint density at radius 1 is 1.29 bits per heavy atom. The Morgan fingerprint density at radius 2 is 1.95 bits per heavy atom. The second kappa shape index (κ2) is 8.70. The van der Waals surface area contributed by atoms with Crippen LogP contribution >= 0.6 is 23.4 Å². The zero-order valence-corrected chi connectivity index (χ0v) is 14.2. The first-order valence-corrected chi connectivity index (χ1v) is 9.14. The van der Waals surface area contributed by atoms with Crippen molar-refractivity contribution in [2.24, 2.45) is 5.92 Å². The summed E-state index contributed by atoms with van der Waals surface area (Å²) in [7, 11) is 0. The highest BCUT2D eigenvalue weighted by atomic mass is 35.5. The maximum Gasteiger partial charge on any atom is 0.233 e. The quantitative estimate of drug-likeness (QED) is 0.753. The predicted octanol–water partition coefficient (Wildman–Crippen LogP) is 4.91. The molecular weight excluding hydrogens is 302 g/mol. The van der Waals surface area contributed by atoms with Crippen LogP contribution in [0.2, 0.25) is 5.02 Å². The summed E-state index contributed by atoms with van der Waals surface area (Å²) in [5.74, 6) is 0.851. The van der Waals surface area contributed by atoms with E-state index in [1.54, 1.807) is 11.8 Å². The first-order valence-electron chi connectivity index (χ1n) is 7.89. The lowest BCUT2D eigenvalue weighted by atomic mass is 9.89. The highest BCUT2D eigenvalue weighted by Crippen LogP contribution is 2.27. The summed E-state index contributed by atoms with van der Waals surface area (Å²) in [5.41, 5.74) is 0. The van der Waals surface area contributed by atoms with Crippen LogP contribution in [0.3, 0.4) is 0 Å². The van der Waals surface area contributed by atoms with Crippen molar-refractivity contribution < 1.29 is 4.79 Å². The average Bonchev–Trinajstić information content (AvgIpc) is 2.53. The number of rotatable bonds is 6. The molecule has 1 aromatic carbocycles. The molecule has 0 aliphatic heterocycles. The van der Waals surface area contributed by atoms with Crippen molar-refractivity contribution in [2.45, 2.75) is 55.6 Å². The van der Waals surface area contributed by atoms with E-state index in [-0.39, 0.29) is 11.2 Å². The molecular formula is C17H24ClNOS. The lowest BCUT2D eigenvalue weighted by Gasteiger charge is -2.23. The van der Waals surface area contributed by atoms with E-state index in [2.05, 4.69) is 12.2 Å². The summed E-state index contributed by atoms with van der Waals surface area (Å²) in [4.78, 5) is 13.4. The molecule has 1 aliphatic carbocycles. The summed E-state index contributed by atoms with van der Waals surface area (Å²) >= 11 is 7.51. The van der Waals surface area contributed by atoms with Gasteiger partial charge in [-0.15, -0.1) is 11.8 Å². The molecule has 0 spiro atoms. The fourth-order valence-corrected chi connectivity index (χ4v) is 3.85. The number of thioether (sulfide) groups is 1. The van der Waals surface area contributed by atoms with Crippen molar-refractivity contribution in [2.75, 3.05) is 6.54 Å². The number of carbonyl (C=O) groups is 1. The predicted molar refractivity (Wildman–Crippen MR) is 91.0 cm³/mol. The maximum atomic E-state index is 12.3. The summed E-state index contributed by atoms with van der Waals surface area (Å²) in [5, 5.41) is 3.86. The Morgan fingerprint density at radius 3 is 2.57 bits per heavy atom. The van der Waals surface area contributed by atoms with E-state index in [1.807, 2.05) is 24.3 Å². The normalized spacial score (nSPS) is 17.4. The zero-order chi connectivity index (χ0) is 15.1. The molecule has 21 heavy (non-hydrogen) atoms. The molecule has 1 amide bonds. The molecule has 1 atom stereocenters. The summed E-state index contributed by atoms with van der Waals surface area (Å²) in [6.07, 6.45) is 7.36. The standard InChI is InChI=1S/C17H24ClNOS/c1-2-16(21-15-10-8-14(18)9-11-15)17(20)19-12-13-6-4-3-5-7-13/h8-11,13,16H,2-7,12H2,1H3,(H,19,20)/t16-/m1/s1. The monoisotopic (exact) mass is 325 g/mol. The number of benzene rings is 1. The minimum absolute atomic E-state index is 0.0187. The lowest BCUT2D eigenvalue weighted by Crippen LogP contribution is -2.36. The van der Waals surface area contributed by atoms with Gasteiger partial charge in [-0.25, -0.2) is 0 Å². The van der Waals surface area contributed by atoms with Crippen LogP contribution in [0.25, 0.3) is 0 Å². The third-order valence-corrected chi connectivity index (χ3v) is 5.67. The van der Waals surface area contributed by atoms with Gasteiger partial charge in [0.1, 0.15) is 0 Å². The Kier molecular flexibility index (Phi) is 6.91. The van der Waals surface area contributed by atoms with E-state index in [4.69, 9.17) is 11.6 Å². The van der Waals surface area contributed by atoms with E-state index in [0.29, 0.717) is 5.92 Å². The van der Waals surface area contributed by atoms with E-state index < -0.39 is 0 Å². The second-order valence-corrected chi connectivity index (χ2v) is 7.43. The van der Waals surface area contributed by atoms with Crippen LogP contribution < -0.4 is 5.32 Å². The molecule has 0 heterocycles. The van der Waals surface area contributed by atoms with Gasteiger partial charge in [-0.1, -0.05) is 37.8 Å².